The number of benzene rings is 1. The summed E-state index contributed by atoms with van der Waals surface area (Å²) in [7, 11) is 0. The Labute approximate surface area is 106 Å². The summed E-state index contributed by atoms with van der Waals surface area (Å²) in [5, 5.41) is 3.26. The summed E-state index contributed by atoms with van der Waals surface area (Å²) in [5.41, 5.74) is 0.660. The van der Waals surface area contributed by atoms with Crippen molar-refractivity contribution in [2.45, 2.75) is 32.7 Å². The maximum absolute atomic E-state index is 13.3. The lowest BCUT2D eigenvalue weighted by molar-refractivity contribution is -0.118. The molecule has 0 radical (unpaired) electrons. The first-order valence-electron chi connectivity index (χ1n) is 5.60. The van der Waals surface area contributed by atoms with Crippen molar-refractivity contribution in [1.82, 2.24) is 5.32 Å². The fourth-order valence-electron chi connectivity index (χ4n) is 1.58. The van der Waals surface area contributed by atoms with Gasteiger partial charge in [0.25, 0.3) is 0 Å². The quantitative estimate of drug-likeness (QED) is 0.878. The van der Waals surface area contributed by atoms with Crippen LogP contribution in [0.5, 0.6) is 0 Å². The Bertz CT molecular complexity index is 406. The lowest BCUT2D eigenvalue weighted by Gasteiger charge is -2.17. The molecular weight excluding hydrogens is 241 g/mol. The van der Waals surface area contributed by atoms with Gasteiger partial charge in [0.2, 0.25) is 0 Å². The fourth-order valence-corrected chi connectivity index (χ4v) is 1.70. The highest BCUT2D eigenvalue weighted by Crippen LogP contribution is 2.22. The molecule has 1 aromatic carbocycles. The molecule has 94 valence electrons. The van der Waals surface area contributed by atoms with Gasteiger partial charge in [0, 0.05) is 12.6 Å². The Morgan fingerprint density at radius 3 is 2.59 bits per heavy atom. The van der Waals surface area contributed by atoms with E-state index in [1.807, 2.05) is 13.8 Å². The van der Waals surface area contributed by atoms with E-state index in [0.29, 0.717) is 12.1 Å². The molecule has 0 saturated carbocycles. The minimum Gasteiger partial charge on any atom is -0.313 e. The highest BCUT2D eigenvalue weighted by atomic mass is 35.5. The van der Waals surface area contributed by atoms with E-state index in [1.54, 1.807) is 6.07 Å². The van der Waals surface area contributed by atoms with E-state index in [-0.39, 0.29) is 22.8 Å². The first-order chi connectivity index (χ1) is 7.91. The molecule has 0 saturated heterocycles. The maximum Gasteiger partial charge on any atom is 0.142 e. The molecule has 0 aliphatic carbocycles. The van der Waals surface area contributed by atoms with Crippen LogP contribution in [0.1, 0.15) is 32.3 Å². The molecule has 1 rings (SSSR count). The van der Waals surface area contributed by atoms with E-state index < -0.39 is 5.82 Å². The number of halogens is 2. The maximum atomic E-state index is 13.3. The first kappa shape index (κ1) is 14.1. The molecule has 0 aromatic heterocycles. The summed E-state index contributed by atoms with van der Waals surface area (Å²) >= 11 is 5.62. The Morgan fingerprint density at radius 1 is 1.47 bits per heavy atom. The van der Waals surface area contributed by atoms with Crippen molar-refractivity contribution < 1.29 is 9.18 Å². The monoisotopic (exact) mass is 257 g/mol. The van der Waals surface area contributed by atoms with Crippen molar-refractivity contribution >= 4 is 17.4 Å². The molecule has 0 fully saturated rings. The van der Waals surface area contributed by atoms with Crippen LogP contribution in [0, 0.1) is 5.82 Å². The molecule has 0 heterocycles. The van der Waals surface area contributed by atoms with Crippen LogP contribution in [-0.2, 0) is 4.79 Å². The molecule has 1 N–H and O–H groups in total. The largest absolute Gasteiger partial charge is 0.313 e. The number of ketones is 1. The van der Waals surface area contributed by atoms with Crippen LogP contribution in [-0.4, -0.2) is 18.4 Å². The highest BCUT2D eigenvalue weighted by molar-refractivity contribution is 6.30. The standard InChI is InChI=1S/C13H17ClFNO/c1-8(2)16-7-11(9(3)17)10-4-5-12(14)13(15)6-10/h4-6,8,11,16H,7H2,1-3H3. The lowest BCUT2D eigenvalue weighted by atomic mass is 9.95. The van der Waals surface area contributed by atoms with Crippen molar-refractivity contribution in [1.29, 1.82) is 0 Å². The second-order valence-electron chi connectivity index (χ2n) is 4.40. The van der Waals surface area contributed by atoms with Crippen LogP contribution in [0.4, 0.5) is 4.39 Å². The molecule has 1 atom stereocenters. The van der Waals surface area contributed by atoms with Crippen molar-refractivity contribution in [3.05, 3.63) is 34.6 Å². The number of carbonyl (C=O) groups excluding carboxylic acids is 1. The zero-order valence-corrected chi connectivity index (χ0v) is 11.0. The Kier molecular flexibility index (Phi) is 5.09. The molecule has 0 amide bonds. The third-order valence-electron chi connectivity index (χ3n) is 2.57. The van der Waals surface area contributed by atoms with Crippen LogP contribution in [0.3, 0.4) is 0 Å². The number of nitrogens with one attached hydrogen (secondary N) is 1. The zero-order valence-electron chi connectivity index (χ0n) is 10.3. The zero-order chi connectivity index (χ0) is 13.0. The summed E-state index contributed by atoms with van der Waals surface area (Å²) < 4.78 is 13.3. The molecule has 0 aliphatic rings. The molecule has 2 nitrogen and oxygen atoms in total. The predicted molar refractivity (Wildman–Crippen MR) is 68.0 cm³/mol. The molecule has 1 unspecified atom stereocenters. The van der Waals surface area contributed by atoms with Crippen LogP contribution < -0.4 is 5.32 Å². The predicted octanol–water partition coefficient (Wildman–Crippen LogP) is 3.15. The van der Waals surface area contributed by atoms with Crippen LogP contribution in [0.15, 0.2) is 18.2 Å². The van der Waals surface area contributed by atoms with E-state index in [0.717, 1.165) is 0 Å². The summed E-state index contributed by atoms with van der Waals surface area (Å²) in [6.07, 6.45) is 0. The Hall–Kier alpha value is -0.930. The van der Waals surface area contributed by atoms with Gasteiger partial charge in [-0.25, -0.2) is 4.39 Å². The summed E-state index contributed by atoms with van der Waals surface area (Å²) in [5.74, 6) is -0.802. The van der Waals surface area contributed by atoms with Gasteiger partial charge in [-0.2, -0.15) is 0 Å². The minimum absolute atomic E-state index is 0.0138. The Balaban J connectivity index is 2.89. The molecule has 17 heavy (non-hydrogen) atoms. The number of carbonyl (C=O) groups is 1. The number of rotatable bonds is 5. The van der Waals surface area contributed by atoms with E-state index in [4.69, 9.17) is 11.6 Å². The van der Waals surface area contributed by atoms with Crippen molar-refractivity contribution in [3.63, 3.8) is 0 Å². The van der Waals surface area contributed by atoms with Gasteiger partial charge in [0.05, 0.1) is 10.9 Å². The molecular formula is C13H17ClFNO. The third kappa shape index (κ3) is 4.10. The van der Waals surface area contributed by atoms with Gasteiger partial charge in [-0.3, -0.25) is 4.79 Å². The highest BCUT2D eigenvalue weighted by Gasteiger charge is 2.18. The third-order valence-corrected chi connectivity index (χ3v) is 2.87. The summed E-state index contributed by atoms with van der Waals surface area (Å²) in [6, 6.07) is 4.79. The SMILES string of the molecule is CC(=O)C(CNC(C)C)c1ccc(Cl)c(F)c1. The first-order valence-corrected chi connectivity index (χ1v) is 5.98. The van der Waals surface area contributed by atoms with Gasteiger partial charge < -0.3 is 5.32 Å². The van der Waals surface area contributed by atoms with Crippen molar-refractivity contribution in [2.75, 3.05) is 6.54 Å². The minimum atomic E-state index is -0.486. The van der Waals surface area contributed by atoms with Crippen LogP contribution in [0.25, 0.3) is 0 Å². The van der Waals surface area contributed by atoms with E-state index in [9.17, 15) is 9.18 Å². The molecule has 4 heteroatoms. The second kappa shape index (κ2) is 6.12. The fraction of sp³-hybridized carbons (Fsp3) is 0.462. The smallest absolute Gasteiger partial charge is 0.142 e. The normalized spacial score (nSPS) is 12.8. The topological polar surface area (TPSA) is 29.1 Å². The Morgan fingerprint density at radius 2 is 2.12 bits per heavy atom. The summed E-state index contributed by atoms with van der Waals surface area (Å²) in [6.45, 7) is 6.02. The van der Waals surface area contributed by atoms with Crippen LogP contribution in [0.2, 0.25) is 5.02 Å². The average Bonchev–Trinajstić information content (AvgIpc) is 2.22. The van der Waals surface area contributed by atoms with E-state index in [1.165, 1.54) is 19.1 Å². The second-order valence-corrected chi connectivity index (χ2v) is 4.81. The van der Waals surface area contributed by atoms with Gasteiger partial charge in [-0.05, 0) is 24.6 Å². The molecule has 1 aromatic rings. The molecule has 0 bridgehead atoms. The van der Waals surface area contributed by atoms with Gasteiger partial charge in [0.15, 0.2) is 0 Å². The summed E-state index contributed by atoms with van der Waals surface area (Å²) in [4.78, 5) is 11.6. The molecule has 0 spiro atoms. The van der Waals surface area contributed by atoms with Crippen LogP contribution >= 0.6 is 11.6 Å². The van der Waals surface area contributed by atoms with Gasteiger partial charge in [0.1, 0.15) is 11.6 Å². The number of hydrogen-bond acceptors (Lipinski definition) is 2. The van der Waals surface area contributed by atoms with Gasteiger partial charge >= 0.3 is 0 Å². The van der Waals surface area contributed by atoms with Gasteiger partial charge in [-0.15, -0.1) is 0 Å². The van der Waals surface area contributed by atoms with E-state index in [2.05, 4.69) is 5.32 Å². The van der Waals surface area contributed by atoms with Crippen molar-refractivity contribution in [3.8, 4) is 0 Å². The number of Topliss-reactive ketones (excluding diaryl/α,β-unsaturated/α-hetero) is 1. The van der Waals surface area contributed by atoms with Gasteiger partial charge in [-0.1, -0.05) is 31.5 Å². The molecule has 0 aliphatic heterocycles. The number of hydrogen-bond donors (Lipinski definition) is 1. The van der Waals surface area contributed by atoms with Crippen molar-refractivity contribution in [2.24, 2.45) is 0 Å². The average molecular weight is 258 g/mol. The van der Waals surface area contributed by atoms with E-state index >= 15 is 0 Å². The lowest BCUT2D eigenvalue weighted by Crippen LogP contribution is -2.30.